The van der Waals surface area contributed by atoms with Crippen LogP contribution in [0.1, 0.15) is 16.1 Å². The molecule has 0 unspecified atom stereocenters. The summed E-state index contributed by atoms with van der Waals surface area (Å²) < 4.78 is 1.03. The predicted molar refractivity (Wildman–Crippen MR) is 72.7 cm³/mol. The summed E-state index contributed by atoms with van der Waals surface area (Å²) in [4.78, 5) is 24.4. The molecule has 1 N–H and O–H groups in total. The molecule has 0 saturated heterocycles. The first-order valence-corrected chi connectivity index (χ1v) is 6.77. The van der Waals surface area contributed by atoms with Crippen LogP contribution in [-0.4, -0.2) is 28.1 Å². The Balaban J connectivity index is 2.09. The number of aromatic nitrogens is 2. The van der Waals surface area contributed by atoms with E-state index in [9.17, 15) is 9.59 Å². The molecule has 2 heterocycles. The molecule has 0 bridgehead atoms. The molecule has 0 radical (unpaired) electrons. The smallest absolute Gasteiger partial charge is 0.274 e. The van der Waals surface area contributed by atoms with Crippen molar-refractivity contribution in [3.8, 4) is 0 Å². The number of hydrogen-bond donors (Lipinski definition) is 1. The highest BCUT2D eigenvalue weighted by atomic mass is 79.9. The second kappa shape index (κ2) is 5.45. The van der Waals surface area contributed by atoms with Crippen LogP contribution in [0.2, 0.25) is 0 Å². The van der Waals surface area contributed by atoms with Gasteiger partial charge < -0.3 is 4.90 Å². The minimum Gasteiger partial charge on any atom is -0.336 e. The molecule has 0 aromatic carbocycles. The van der Waals surface area contributed by atoms with Gasteiger partial charge in [0.25, 0.3) is 11.5 Å². The molecule has 0 atom stereocenters. The van der Waals surface area contributed by atoms with Crippen LogP contribution in [0.25, 0.3) is 0 Å². The Morgan fingerprint density at radius 1 is 1.56 bits per heavy atom. The number of H-pyrrole nitrogens is 1. The van der Waals surface area contributed by atoms with Gasteiger partial charge in [-0.1, -0.05) is 0 Å². The quantitative estimate of drug-likeness (QED) is 0.935. The first-order chi connectivity index (χ1) is 8.56. The van der Waals surface area contributed by atoms with Crippen LogP contribution in [0.5, 0.6) is 0 Å². The molecule has 1 amide bonds. The standard InChI is InChI=1S/C11H10BrN3O2S/c1-15(5-7-4-9(12)18-6-7)11(17)8-2-3-10(16)14-13-8/h2-4,6H,5H2,1H3,(H,14,16). The molecule has 2 rings (SSSR count). The lowest BCUT2D eigenvalue weighted by Crippen LogP contribution is -2.27. The summed E-state index contributed by atoms with van der Waals surface area (Å²) in [6, 6.07) is 4.67. The Hall–Kier alpha value is -1.47. The maximum Gasteiger partial charge on any atom is 0.274 e. The molecular weight excluding hydrogens is 318 g/mol. The van der Waals surface area contributed by atoms with E-state index in [1.54, 1.807) is 23.3 Å². The van der Waals surface area contributed by atoms with Crippen molar-refractivity contribution in [2.75, 3.05) is 7.05 Å². The normalized spacial score (nSPS) is 10.3. The van der Waals surface area contributed by atoms with Gasteiger partial charge in [-0.05, 0) is 39.0 Å². The van der Waals surface area contributed by atoms with E-state index in [4.69, 9.17) is 0 Å². The maximum atomic E-state index is 12.0. The van der Waals surface area contributed by atoms with Crippen LogP contribution in [-0.2, 0) is 6.54 Å². The van der Waals surface area contributed by atoms with E-state index in [0.717, 1.165) is 9.35 Å². The molecule has 0 aliphatic rings. The van der Waals surface area contributed by atoms with Crippen LogP contribution in [0, 0.1) is 0 Å². The molecule has 94 valence electrons. The Kier molecular flexibility index (Phi) is 3.93. The second-order valence-corrected chi connectivity index (χ2v) is 6.02. The maximum absolute atomic E-state index is 12.0. The number of thiophene rings is 1. The highest BCUT2D eigenvalue weighted by Gasteiger charge is 2.14. The number of rotatable bonds is 3. The van der Waals surface area contributed by atoms with Crippen LogP contribution in [0.15, 0.2) is 32.2 Å². The summed E-state index contributed by atoms with van der Waals surface area (Å²) in [7, 11) is 1.70. The van der Waals surface area contributed by atoms with Crippen molar-refractivity contribution < 1.29 is 4.79 Å². The number of nitrogens with one attached hydrogen (secondary N) is 1. The van der Waals surface area contributed by atoms with E-state index >= 15 is 0 Å². The number of aromatic amines is 1. The third-order valence-electron chi connectivity index (χ3n) is 2.29. The number of carbonyl (C=O) groups excluding carboxylic acids is 1. The fourth-order valence-corrected chi connectivity index (χ4v) is 2.63. The van der Waals surface area contributed by atoms with Gasteiger partial charge in [-0.3, -0.25) is 9.59 Å². The largest absolute Gasteiger partial charge is 0.336 e. The number of hydrogen-bond acceptors (Lipinski definition) is 4. The lowest BCUT2D eigenvalue weighted by atomic mass is 10.3. The number of amides is 1. The number of carbonyl (C=O) groups is 1. The molecule has 18 heavy (non-hydrogen) atoms. The zero-order valence-corrected chi connectivity index (χ0v) is 11.9. The van der Waals surface area contributed by atoms with Crippen molar-refractivity contribution in [2.24, 2.45) is 0 Å². The summed E-state index contributed by atoms with van der Waals surface area (Å²) >= 11 is 4.95. The molecule has 0 aliphatic carbocycles. The third kappa shape index (κ3) is 3.05. The zero-order valence-electron chi connectivity index (χ0n) is 9.51. The molecule has 0 fully saturated rings. The van der Waals surface area contributed by atoms with Crippen LogP contribution in [0.3, 0.4) is 0 Å². The van der Waals surface area contributed by atoms with E-state index in [1.165, 1.54) is 12.1 Å². The Bertz CT molecular complexity index is 602. The molecule has 7 heteroatoms. The van der Waals surface area contributed by atoms with Crippen LogP contribution in [0.4, 0.5) is 0 Å². The van der Waals surface area contributed by atoms with Crippen molar-refractivity contribution in [1.29, 1.82) is 0 Å². The van der Waals surface area contributed by atoms with Gasteiger partial charge in [-0.25, -0.2) is 5.10 Å². The van der Waals surface area contributed by atoms with Crippen LogP contribution >= 0.6 is 27.3 Å². The number of nitrogens with zero attached hydrogens (tertiary/aromatic N) is 2. The number of halogens is 1. The van der Waals surface area contributed by atoms with Gasteiger partial charge in [0.2, 0.25) is 0 Å². The molecule has 2 aromatic heterocycles. The summed E-state index contributed by atoms with van der Waals surface area (Å²) in [5.74, 6) is -0.228. The predicted octanol–water partition coefficient (Wildman–Crippen LogP) is 1.87. The van der Waals surface area contributed by atoms with Crippen molar-refractivity contribution >= 4 is 33.2 Å². The monoisotopic (exact) mass is 327 g/mol. The Morgan fingerprint density at radius 2 is 2.33 bits per heavy atom. The molecular formula is C11H10BrN3O2S. The minimum atomic E-state index is -0.323. The first-order valence-electron chi connectivity index (χ1n) is 5.10. The highest BCUT2D eigenvalue weighted by molar-refractivity contribution is 9.11. The topological polar surface area (TPSA) is 66.1 Å². The van der Waals surface area contributed by atoms with E-state index in [-0.39, 0.29) is 17.2 Å². The van der Waals surface area contributed by atoms with E-state index in [0.29, 0.717) is 6.54 Å². The molecule has 0 saturated carbocycles. The van der Waals surface area contributed by atoms with Crippen molar-refractivity contribution in [3.63, 3.8) is 0 Å². The van der Waals surface area contributed by atoms with E-state index < -0.39 is 0 Å². The van der Waals surface area contributed by atoms with E-state index in [2.05, 4.69) is 26.1 Å². The fraction of sp³-hybridized carbons (Fsp3) is 0.182. The average Bonchev–Trinajstić information content (AvgIpc) is 2.75. The summed E-state index contributed by atoms with van der Waals surface area (Å²) in [5, 5.41) is 7.94. The minimum absolute atomic E-state index is 0.228. The second-order valence-electron chi connectivity index (χ2n) is 3.73. The zero-order chi connectivity index (χ0) is 13.1. The van der Waals surface area contributed by atoms with Gasteiger partial charge in [0.1, 0.15) is 5.69 Å². The van der Waals surface area contributed by atoms with Gasteiger partial charge in [-0.15, -0.1) is 11.3 Å². The summed E-state index contributed by atoms with van der Waals surface area (Å²) in [6.45, 7) is 0.502. The van der Waals surface area contributed by atoms with Gasteiger partial charge >= 0.3 is 0 Å². The van der Waals surface area contributed by atoms with Crippen molar-refractivity contribution in [3.05, 3.63) is 49.0 Å². The van der Waals surface area contributed by atoms with Crippen LogP contribution < -0.4 is 5.56 Å². The highest BCUT2D eigenvalue weighted by Crippen LogP contribution is 2.21. The summed E-state index contributed by atoms with van der Waals surface area (Å²) in [6.07, 6.45) is 0. The van der Waals surface area contributed by atoms with Gasteiger partial charge in [0.15, 0.2) is 0 Å². The third-order valence-corrected chi connectivity index (χ3v) is 3.84. The molecule has 5 nitrogen and oxygen atoms in total. The van der Waals surface area contributed by atoms with Gasteiger partial charge in [-0.2, -0.15) is 5.10 Å². The molecule has 2 aromatic rings. The fourth-order valence-electron chi connectivity index (χ4n) is 1.43. The van der Waals surface area contributed by atoms with Gasteiger partial charge in [0, 0.05) is 19.7 Å². The van der Waals surface area contributed by atoms with Crippen molar-refractivity contribution in [1.82, 2.24) is 15.1 Å². The first kappa shape index (κ1) is 13.0. The van der Waals surface area contributed by atoms with E-state index in [1.807, 2.05) is 11.4 Å². The average molecular weight is 328 g/mol. The van der Waals surface area contributed by atoms with Gasteiger partial charge in [0.05, 0.1) is 3.79 Å². The van der Waals surface area contributed by atoms with Crippen molar-refractivity contribution in [2.45, 2.75) is 6.54 Å². The molecule has 0 aliphatic heterocycles. The molecule has 0 spiro atoms. The lowest BCUT2D eigenvalue weighted by Gasteiger charge is -2.15. The lowest BCUT2D eigenvalue weighted by molar-refractivity contribution is 0.0778. The SMILES string of the molecule is CN(Cc1csc(Br)c1)C(=O)c1ccc(=O)[nH]n1. The Morgan fingerprint density at radius 3 is 2.89 bits per heavy atom. The summed E-state index contributed by atoms with van der Waals surface area (Å²) in [5.41, 5.74) is 0.953. The Labute approximate surface area is 116 Å².